The van der Waals surface area contributed by atoms with E-state index >= 15 is 0 Å². The van der Waals surface area contributed by atoms with Crippen molar-refractivity contribution in [1.29, 1.82) is 0 Å². The Labute approximate surface area is 120 Å². The lowest BCUT2D eigenvalue weighted by Crippen LogP contribution is -2.26. The van der Waals surface area contributed by atoms with Crippen molar-refractivity contribution in [3.05, 3.63) is 51.2 Å². The van der Waals surface area contributed by atoms with E-state index in [2.05, 4.69) is 10.3 Å². The van der Waals surface area contributed by atoms with Crippen LogP contribution in [0, 0.1) is 12.7 Å². The van der Waals surface area contributed by atoms with Gasteiger partial charge in [0.25, 0.3) is 5.91 Å². The lowest BCUT2D eigenvalue weighted by atomic mass is 10.1. The third-order valence-corrected chi connectivity index (χ3v) is 3.81. The molecule has 0 radical (unpaired) electrons. The predicted molar refractivity (Wildman–Crippen MR) is 77.2 cm³/mol. The minimum Gasteiger partial charge on any atom is -0.350 e. The van der Waals surface area contributed by atoms with E-state index in [1.807, 2.05) is 6.92 Å². The second-order valence-electron chi connectivity index (χ2n) is 4.41. The molecule has 0 fully saturated rings. The number of nitrogens with one attached hydrogen (secondary N) is 1. The van der Waals surface area contributed by atoms with Crippen LogP contribution in [0.4, 0.5) is 4.39 Å². The van der Waals surface area contributed by atoms with Crippen LogP contribution >= 0.6 is 11.3 Å². The van der Waals surface area contributed by atoms with Crippen molar-refractivity contribution >= 4 is 17.2 Å². The molecule has 0 aliphatic heterocycles. The molecule has 0 aliphatic rings. The fourth-order valence-electron chi connectivity index (χ4n) is 1.85. The fraction of sp³-hybridized carbons (Fsp3) is 0.286. The van der Waals surface area contributed by atoms with E-state index in [0.29, 0.717) is 25.2 Å². The van der Waals surface area contributed by atoms with Crippen molar-refractivity contribution < 1.29 is 9.18 Å². The molecule has 1 amide bonds. The molecule has 0 bridgehead atoms. The number of nitrogens with zero attached hydrogens (tertiary/aromatic N) is 1. The maximum absolute atomic E-state index is 13.0. The molecule has 1 aromatic carbocycles. The van der Waals surface area contributed by atoms with Gasteiger partial charge in [-0.05, 0) is 36.6 Å². The minimum atomic E-state index is -0.243. The Balaban J connectivity index is 1.87. The molecule has 0 unspecified atom stereocenters. The SMILES string of the molecule is Cc1cc(F)ccc1CCNC(=O)c1csc(CN)n1. The second kappa shape index (κ2) is 6.58. The fourth-order valence-corrected chi connectivity index (χ4v) is 2.50. The first kappa shape index (κ1) is 14.6. The molecule has 0 aliphatic carbocycles. The highest BCUT2D eigenvalue weighted by molar-refractivity contribution is 7.09. The normalized spacial score (nSPS) is 10.6. The van der Waals surface area contributed by atoms with Crippen LogP contribution in [0.2, 0.25) is 0 Å². The molecule has 2 rings (SSSR count). The standard InChI is InChI=1S/C14H16FN3OS/c1-9-6-11(15)3-2-10(9)4-5-17-14(19)12-8-20-13(7-16)18-12/h2-3,6,8H,4-5,7,16H2,1H3,(H,17,19). The van der Waals surface area contributed by atoms with Crippen LogP contribution < -0.4 is 11.1 Å². The Bertz CT molecular complexity index is 612. The zero-order valence-corrected chi connectivity index (χ0v) is 12.0. The predicted octanol–water partition coefficient (Wildman–Crippen LogP) is 2.02. The molecule has 3 N–H and O–H groups in total. The number of halogens is 1. The number of hydrogen-bond donors (Lipinski definition) is 2. The molecule has 1 aromatic heterocycles. The summed E-state index contributed by atoms with van der Waals surface area (Å²) in [6.07, 6.45) is 0.658. The number of amides is 1. The number of hydrogen-bond acceptors (Lipinski definition) is 4. The molecule has 1 heterocycles. The maximum Gasteiger partial charge on any atom is 0.270 e. The number of carbonyl (C=O) groups excluding carboxylic acids is 1. The summed E-state index contributed by atoms with van der Waals surface area (Å²) >= 11 is 1.37. The van der Waals surface area contributed by atoms with E-state index in [1.165, 1.54) is 23.5 Å². The monoisotopic (exact) mass is 293 g/mol. The van der Waals surface area contributed by atoms with E-state index in [9.17, 15) is 9.18 Å². The number of carbonyl (C=O) groups is 1. The van der Waals surface area contributed by atoms with Crippen LogP contribution in [0.15, 0.2) is 23.6 Å². The lowest BCUT2D eigenvalue weighted by Gasteiger charge is -2.06. The van der Waals surface area contributed by atoms with Gasteiger partial charge < -0.3 is 11.1 Å². The van der Waals surface area contributed by atoms with Gasteiger partial charge in [0.15, 0.2) is 0 Å². The summed E-state index contributed by atoms with van der Waals surface area (Å²) < 4.78 is 13.0. The van der Waals surface area contributed by atoms with E-state index in [-0.39, 0.29) is 11.7 Å². The van der Waals surface area contributed by atoms with E-state index in [1.54, 1.807) is 11.4 Å². The Hall–Kier alpha value is -1.79. The van der Waals surface area contributed by atoms with Crippen LogP contribution in [-0.2, 0) is 13.0 Å². The van der Waals surface area contributed by atoms with Gasteiger partial charge in [-0.25, -0.2) is 9.37 Å². The van der Waals surface area contributed by atoms with Crippen molar-refractivity contribution in [3.8, 4) is 0 Å². The number of thiazole rings is 1. The van der Waals surface area contributed by atoms with Crippen LogP contribution in [0.3, 0.4) is 0 Å². The largest absolute Gasteiger partial charge is 0.350 e. The molecule has 0 atom stereocenters. The minimum absolute atomic E-state index is 0.208. The number of rotatable bonds is 5. The highest BCUT2D eigenvalue weighted by Crippen LogP contribution is 2.11. The summed E-state index contributed by atoms with van der Waals surface area (Å²) in [5.74, 6) is -0.451. The molecule has 0 saturated carbocycles. The van der Waals surface area contributed by atoms with E-state index in [4.69, 9.17) is 5.73 Å². The highest BCUT2D eigenvalue weighted by Gasteiger charge is 2.09. The summed E-state index contributed by atoms with van der Waals surface area (Å²) in [5.41, 5.74) is 7.76. The zero-order chi connectivity index (χ0) is 14.5. The topological polar surface area (TPSA) is 68.0 Å². The molecule has 2 aromatic rings. The molecular weight excluding hydrogens is 277 g/mol. The average molecular weight is 293 g/mol. The first-order chi connectivity index (χ1) is 9.60. The maximum atomic E-state index is 13.0. The first-order valence-corrected chi connectivity index (χ1v) is 7.16. The van der Waals surface area contributed by atoms with Gasteiger partial charge in [-0.1, -0.05) is 6.07 Å². The van der Waals surface area contributed by atoms with Gasteiger partial charge in [0, 0.05) is 18.5 Å². The molecule has 6 heteroatoms. The summed E-state index contributed by atoms with van der Waals surface area (Å²) in [5, 5.41) is 5.23. The number of aromatic nitrogens is 1. The molecule has 0 saturated heterocycles. The quantitative estimate of drug-likeness (QED) is 0.886. The van der Waals surface area contributed by atoms with Gasteiger partial charge in [0.1, 0.15) is 16.5 Å². The first-order valence-electron chi connectivity index (χ1n) is 6.28. The van der Waals surface area contributed by atoms with E-state index < -0.39 is 0 Å². The van der Waals surface area contributed by atoms with Crippen molar-refractivity contribution in [2.45, 2.75) is 19.9 Å². The molecule has 20 heavy (non-hydrogen) atoms. The molecule has 106 valence electrons. The summed E-state index contributed by atoms with van der Waals surface area (Å²) in [6, 6.07) is 4.66. The van der Waals surface area contributed by atoms with Gasteiger partial charge in [0.05, 0.1) is 0 Å². The van der Waals surface area contributed by atoms with Gasteiger partial charge in [-0.3, -0.25) is 4.79 Å². The lowest BCUT2D eigenvalue weighted by molar-refractivity contribution is 0.0949. The van der Waals surface area contributed by atoms with Gasteiger partial charge in [-0.2, -0.15) is 0 Å². The zero-order valence-electron chi connectivity index (χ0n) is 11.1. The highest BCUT2D eigenvalue weighted by atomic mass is 32.1. The number of benzene rings is 1. The summed E-state index contributed by atoms with van der Waals surface area (Å²) in [7, 11) is 0. The molecular formula is C14H16FN3OS. The average Bonchev–Trinajstić information content (AvgIpc) is 2.90. The third-order valence-electron chi connectivity index (χ3n) is 2.94. The smallest absolute Gasteiger partial charge is 0.270 e. The van der Waals surface area contributed by atoms with Crippen molar-refractivity contribution in [1.82, 2.24) is 10.3 Å². The van der Waals surface area contributed by atoms with Crippen molar-refractivity contribution in [2.75, 3.05) is 6.54 Å². The summed E-state index contributed by atoms with van der Waals surface area (Å²) in [6.45, 7) is 2.68. The van der Waals surface area contributed by atoms with Crippen molar-refractivity contribution in [2.24, 2.45) is 5.73 Å². The number of aryl methyl sites for hydroxylation is 1. The van der Waals surface area contributed by atoms with Crippen molar-refractivity contribution in [3.63, 3.8) is 0 Å². The summed E-state index contributed by atoms with van der Waals surface area (Å²) in [4.78, 5) is 16.0. The molecule has 0 spiro atoms. The third kappa shape index (κ3) is 3.61. The Morgan fingerprint density at radius 2 is 2.30 bits per heavy atom. The second-order valence-corrected chi connectivity index (χ2v) is 5.35. The van der Waals surface area contributed by atoms with Gasteiger partial charge in [-0.15, -0.1) is 11.3 Å². The van der Waals surface area contributed by atoms with Gasteiger partial charge >= 0.3 is 0 Å². The number of nitrogens with two attached hydrogens (primary N) is 1. The van der Waals surface area contributed by atoms with E-state index in [0.717, 1.165) is 16.1 Å². The van der Waals surface area contributed by atoms with Crippen LogP contribution in [-0.4, -0.2) is 17.4 Å². The van der Waals surface area contributed by atoms with Crippen LogP contribution in [0.5, 0.6) is 0 Å². The Kier molecular flexibility index (Phi) is 4.81. The van der Waals surface area contributed by atoms with Crippen LogP contribution in [0.25, 0.3) is 0 Å². The Morgan fingerprint density at radius 3 is 2.95 bits per heavy atom. The Morgan fingerprint density at radius 1 is 1.50 bits per heavy atom. The van der Waals surface area contributed by atoms with Crippen LogP contribution in [0.1, 0.15) is 26.6 Å². The molecule has 4 nitrogen and oxygen atoms in total. The van der Waals surface area contributed by atoms with Gasteiger partial charge in [0.2, 0.25) is 0 Å².